The van der Waals surface area contributed by atoms with Gasteiger partial charge in [-0.2, -0.15) is 0 Å². The van der Waals surface area contributed by atoms with Crippen LogP contribution in [0.2, 0.25) is 0 Å². The Morgan fingerprint density at radius 1 is 1.24 bits per heavy atom. The Balaban J connectivity index is 1.70. The Hall–Kier alpha value is -3.66. The molecule has 0 bridgehead atoms. The predicted molar refractivity (Wildman–Crippen MR) is 129 cm³/mol. The highest BCUT2D eigenvalue weighted by molar-refractivity contribution is 5.99. The van der Waals surface area contributed by atoms with Crippen LogP contribution in [0.4, 0.5) is 8.78 Å². The van der Waals surface area contributed by atoms with Gasteiger partial charge in [0.2, 0.25) is 5.91 Å². The summed E-state index contributed by atoms with van der Waals surface area (Å²) in [7, 11) is 1.09. The van der Waals surface area contributed by atoms with E-state index in [9.17, 15) is 19.5 Å². The number of aromatic nitrogens is 1. The van der Waals surface area contributed by atoms with Crippen molar-refractivity contribution in [3.63, 3.8) is 0 Å². The number of fused-ring (bicyclic) bond motifs is 1. The van der Waals surface area contributed by atoms with Crippen molar-refractivity contribution in [2.24, 2.45) is 28.9 Å². The minimum Gasteiger partial charge on any atom is -0.479 e. The lowest BCUT2D eigenvalue weighted by molar-refractivity contribution is -0.202. The number of carbonyl (C=O) groups excluding carboxylic acids is 2. The molecule has 1 saturated carbocycles. The molecule has 8 nitrogen and oxygen atoms in total. The van der Waals surface area contributed by atoms with Crippen molar-refractivity contribution >= 4 is 23.9 Å². The number of carboxylic acid groups (broad SMARTS) is 1. The lowest BCUT2D eigenvalue weighted by Crippen LogP contribution is -2.60. The molecule has 0 spiro atoms. The molecule has 6 atom stereocenters. The van der Waals surface area contributed by atoms with Crippen molar-refractivity contribution in [2.45, 2.75) is 38.4 Å². The predicted octanol–water partition coefficient (Wildman–Crippen LogP) is 3.80. The third kappa shape index (κ3) is 4.39. The zero-order valence-corrected chi connectivity index (χ0v) is 20.6. The quantitative estimate of drug-likeness (QED) is 0.538. The summed E-state index contributed by atoms with van der Waals surface area (Å²) in [4.78, 5) is 41.0. The fourth-order valence-corrected chi connectivity index (χ4v) is 5.91. The maximum Gasteiger partial charge on any atom is 0.334 e. The zero-order valence-electron chi connectivity index (χ0n) is 20.6. The number of hydrogen-bond donors (Lipinski definition) is 2. The van der Waals surface area contributed by atoms with Crippen LogP contribution in [-0.4, -0.2) is 53.2 Å². The fourth-order valence-electron chi connectivity index (χ4n) is 5.91. The van der Waals surface area contributed by atoms with Crippen molar-refractivity contribution in [2.75, 3.05) is 7.11 Å². The number of halogens is 2. The van der Waals surface area contributed by atoms with E-state index in [4.69, 9.17) is 15.2 Å². The van der Waals surface area contributed by atoms with Gasteiger partial charge in [-0.25, -0.2) is 13.6 Å². The molecule has 0 unspecified atom stereocenters. The van der Waals surface area contributed by atoms with Crippen LogP contribution < -0.4 is 5.73 Å². The highest BCUT2D eigenvalue weighted by Crippen LogP contribution is 2.61. The van der Waals surface area contributed by atoms with Crippen LogP contribution in [0.3, 0.4) is 0 Å². The van der Waals surface area contributed by atoms with Crippen molar-refractivity contribution < 1.29 is 37.7 Å². The number of methoxy groups -OCH3 is 1. The van der Waals surface area contributed by atoms with E-state index in [1.807, 2.05) is 0 Å². The summed E-state index contributed by atoms with van der Waals surface area (Å²) < 4.78 is 41.1. The van der Waals surface area contributed by atoms with E-state index in [1.54, 1.807) is 61.7 Å². The number of esters is 1. The van der Waals surface area contributed by atoms with Crippen LogP contribution in [-0.2, 0) is 19.1 Å². The average molecular weight is 515 g/mol. The number of nitrogens with zero attached hydrogens (tertiary/aromatic N) is 1. The van der Waals surface area contributed by atoms with E-state index in [2.05, 4.69) is 4.98 Å². The molecule has 1 saturated heterocycles. The van der Waals surface area contributed by atoms with Crippen molar-refractivity contribution in [3.05, 3.63) is 59.9 Å². The normalized spacial score (nSPS) is 29.5. The van der Waals surface area contributed by atoms with Gasteiger partial charge < -0.3 is 20.3 Å². The molecule has 0 radical (unpaired) electrons. The van der Waals surface area contributed by atoms with Crippen LogP contribution in [0, 0.1) is 23.2 Å². The molecule has 196 valence electrons. The summed E-state index contributed by atoms with van der Waals surface area (Å²) in [5.41, 5.74) is 5.47. The van der Waals surface area contributed by atoms with Crippen molar-refractivity contribution in [3.8, 4) is 11.1 Å². The largest absolute Gasteiger partial charge is 0.479 e. The maximum atomic E-state index is 15.3. The van der Waals surface area contributed by atoms with Gasteiger partial charge in [0.15, 0.2) is 6.10 Å². The number of carboxylic acids is 1. The number of ether oxygens (including phenoxy) is 2. The van der Waals surface area contributed by atoms with Gasteiger partial charge in [-0.3, -0.25) is 14.6 Å². The molecule has 2 fully saturated rings. The highest BCUT2D eigenvalue weighted by Gasteiger charge is 2.72. The molecule has 10 heteroatoms. The zero-order chi connectivity index (χ0) is 27.1. The number of primary amides is 1. The molecule has 3 N–H and O–H groups in total. The number of amides is 1. The summed E-state index contributed by atoms with van der Waals surface area (Å²) in [6.45, 7) is 2.97. The molecule has 37 heavy (non-hydrogen) atoms. The fraction of sp³-hybridized carbons (Fsp3) is 0.407. The first-order valence-electron chi connectivity index (χ1n) is 11.8. The van der Waals surface area contributed by atoms with Gasteiger partial charge in [0.05, 0.1) is 5.69 Å². The first kappa shape index (κ1) is 26.4. The number of rotatable bonds is 7. The van der Waals surface area contributed by atoms with E-state index in [0.717, 1.165) is 7.11 Å². The molecule has 1 aliphatic carbocycles. The third-order valence-electron chi connectivity index (χ3n) is 7.67. The molecule has 2 aromatic rings. The Kier molecular flexibility index (Phi) is 6.89. The Morgan fingerprint density at radius 3 is 2.54 bits per heavy atom. The van der Waals surface area contributed by atoms with Gasteiger partial charge in [0.1, 0.15) is 11.5 Å². The van der Waals surface area contributed by atoms with Crippen LogP contribution in [0.5, 0.6) is 0 Å². The summed E-state index contributed by atoms with van der Waals surface area (Å²) in [5.74, 6) is -9.37. The van der Waals surface area contributed by atoms with Gasteiger partial charge in [-0.15, -0.1) is 0 Å². The number of carbonyl (C=O) groups is 3. The van der Waals surface area contributed by atoms with Crippen LogP contribution in [0.25, 0.3) is 17.2 Å². The molecule has 1 aliphatic heterocycles. The Morgan fingerprint density at radius 2 is 1.95 bits per heavy atom. The molecule has 2 aliphatic rings. The Bertz CT molecular complexity index is 1250. The van der Waals surface area contributed by atoms with E-state index in [-0.39, 0.29) is 0 Å². The summed E-state index contributed by atoms with van der Waals surface area (Å²) in [6.07, 6.45) is 1.10. The molecule has 1 aromatic carbocycles. The number of hydrogen-bond acceptors (Lipinski definition) is 6. The summed E-state index contributed by atoms with van der Waals surface area (Å²) in [5, 5.41) is 9.74. The topological polar surface area (TPSA) is 129 Å². The number of allylic oxidation sites excluding steroid dienone is 1. The van der Waals surface area contributed by atoms with Crippen molar-refractivity contribution in [1.82, 2.24) is 4.98 Å². The molecule has 4 rings (SSSR count). The lowest BCUT2D eigenvalue weighted by atomic mass is 9.54. The maximum absolute atomic E-state index is 15.3. The number of benzene rings is 1. The molecule has 2 heterocycles. The average Bonchev–Trinajstić information content (AvgIpc) is 3.08. The summed E-state index contributed by atoms with van der Waals surface area (Å²) in [6, 6.07) is 10.2. The number of pyridine rings is 1. The second-order valence-electron chi connectivity index (χ2n) is 9.68. The van der Waals surface area contributed by atoms with E-state index < -0.39 is 65.6 Å². The second-order valence-corrected chi connectivity index (χ2v) is 9.68. The first-order chi connectivity index (χ1) is 17.4. The van der Waals surface area contributed by atoms with Crippen LogP contribution in [0.1, 0.15) is 36.3 Å². The van der Waals surface area contributed by atoms with E-state index in [0.29, 0.717) is 22.4 Å². The molecular formula is C27H28F2N2O6. The summed E-state index contributed by atoms with van der Waals surface area (Å²) >= 11 is 0. The Labute approximate surface area is 212 Å². The van der Waals surface area contributed by atoms with Gasteiger partial charge in [0, 0.05) is 42.7 Å². The van der Waals surface area contributed by atoms with Gasteiger partial charge in [-0.1, -0.05) is 37.3 Å². The standard InChI is InChI=1S/C27H28F2N2O6/c1-14-18(11-10-17-9-8-16(12-31-17)19-6-4-5-7-20(19)23(30)32)21-15(2)37-25(35)26(21,13-27(14,28)29)22(36-3)24(33)34/h4-12,14-15,18,21-22H,13H2,1-3H3,(H2,30,32)(H,33,34)/b11-10+/t14-,15+,18-,21-,22+,26+/m0/s1. The monoisotopic (exact) mass is 514 g/mol. The minimum atomic E-state index is -3.35. The number of aliphatic carboxylic acids is 1. The van der Waals surface area contributed by atoms with Crippen LogP contribution in [0.15, 0.2) is 48.7 Å². The minimum absolute atomic E-state index is 0.341. The smallest absolute Gasteiger partial charge is 0.334 e. The first-order valence-corrected chi connectivity index (χ1v) is 11.8. The lowest BCUT2D eigenvalue weighted by Gasteiger charge is -2.49. The third-order valence-corrected chi connectivity index (χ3v) is 7.67. The van der Waals surface area contributed by atoms with Gasteiger partial charge in [-0.05, 0) is 36.6 Å². The SMILES string of the molecule is CO[C@H](C(=O)O)[C@@]12CC(F)(F)[C@@H](C)[C@H](/C=C/c3ccc(-c4ccccc4C(N)=O)cn3)[C@@H]1[C@@H](C)OC2=O. The number of cyclic esters (lactones) is 1. The number of nitrogens with two attached hydrogens (primary N) is 1. The van der Waals surface area contributed by atoms with E-state index in [1.165, 1.54) is 6.92 Å². The van der Waals surface area contributed by atoms with Crippen LogP contribution >= 0.6 is 0 Å². The molecule has 1 aromatic heterocycles. The van der Waals surface area contributed by atoms with E-state index >= 15 is 8.78 Å². The van der Waals surface area contributed by atoms with Gasteiger partial charge >= 0.3 is 11.9 Å². The second kappa shape index (κ2) is 9.66. The highest BCUT2D eigenvalue weighted by atomic mass is 19.3. The molecular weight excluding hydrogens is 486 g/mol. The van der Waals surface area contributed by atoms with Crippen molar-refractivity contribution in [1.29, 1.82) is 0 Å². The number of alkyl halides is 2. The van der Waals surface area contributed by atoms with Gasteiger partial charge in [0.25, 0.3) is 5.92 Å². The molecule has 1 amide bonds.